The molecule has 0 spiro atoms. The Hall–Kier alpha value is -2.71. The van der Waals surface area contributed by atoms with Crippen LogP contribution in [0.5, 0.6) is 0 Å². The Morgan fingerprint density at radius 1 is 0.923 bits per heavy atom. The van der Waals surface area contributed by atoms with Gasteiger partial charge in [-0.15, -0.1) is 0 Å². The molecule has 0 fully saturated rings. The average molecular weight is 340 g/mol. The summed E-state index contributed by atoms with van der Waals surface area (Å²) in [4.78, 5) is 4.61. The van der Waals surface area contributed by atoms with Gasteiger partial charge in [-0.3, -0.25) is 4.98 Å². The average Bonchev–Trinajstić information content (AvgIpc) is 2.70. The third kappa shape index (κ3) is 3.92. The molecular weight excluding hydrogens is 316 g/mol. The quantitative estimate of drug-likeness (QED) is 0.719. The summed E-state index contributed by atoms with van der Waals surface area (Å²) in [5.74, 6) is 0. The highest BCUT2D eigenvalue weighted by Crippen LogP contribution is 2.25. The Bertz CT molecular complexity index is 895. The molecule has 2 nitrogen and oxygen atoms in total. The van der Waals surface area contributed by atoms with Crippen LogP contribution in [0, 0.1) is 6.92 Å². The van der Waals surface area contributed by atoms with Gasteiger partial charge in [0.25, 0.3) is 0 Å². The molecule has 1 aromatic heterocycles. The van der Waals surface area contributed by atoms with Crippen LogP contribution >= 0.6 is 0 Å². The fourth-order valence-electron chi connectivity index (χ4n) is 3.57. The number of hydrogen-bond acceptors (Lipinski definition) is 2. The van der Waals surface area contributed by atoms with E-state index in [1.54, 1.807) is 0 Å². The fourth-order valence-corrected chi connectivity index (χ4v) is 3.57. The first kappa shape index (κ1) is 16.7. The third-order valence-electron chi connectivity index (χ3n) is 5.02. The molecule has 0 amide bonds. The topological polar surface area (TPSA) is 24.9 Å². The summed E-state index contributed by atoms with van der Waals surface area (Å²) in [7, 11) is 0. The van der Waals surface area contributed by atoms with Crippen molar-refractivity contribution in [2.24, 2.45) is 0 Å². The molecule has 2 heterocycles. The minimum absolute atomic E-state index is 0.427. The fraction of sp³-hybridized carbons (Fsp3) is 0.208. The van der Waals surface area contributed by atoms with Crippen molar-refractivity contribution in [1.82, 2.24) is 10.3 Å². The maximum Gasteiger partial charge on any atom is 0.0425 e. The number of rotatable bonds is 4. The zero-order valence-corrected chi connectivity index (χ0v) is 15.2. The van der Waals surface area contributed by atoms with E-state index in [9.17, 15) is 0 Å². The second-order valence-electron chi connectivity index (χ2n) is 7.01. The Morgan fingerprint density at radius 2 is 1.73 bits per heavy atom. The van der Waals surface area contributed by atoms with Crippen molar-refractivity contribution in [1.29, 1.82) is 0 Å². The number of nitrogens with zero attached hydrogens (tertiary/aromatic N) is 1. The number of benzene rings is 2. The van der Waals surface area contributed by atoms with Crippen LogP contribution in [0.3, 0.4) is 0 Å². The molecular formula is C24H24N2. The molecule has 0 saturated heterocycles. The predicted molar refractivity (Wildman–Crippen MR) is 109 cm³/mol. The second-order valence-corrected chi connectivity index (χ2v) is 7.01. The molecule has 1 aliphatic rings. The van der Waals surface area contributed by atoms with Gasteiger partial charge in [0.05, 0.1) is 0 Å². The molecule has 0 saturated carbocycles. The van der Waals surface area contributed by atoms with Gasteiger partial charge in [-0.2, -0.15) is 0 Å². The van der Waals surface area contributed by atoms with E-state index in [4.69, 9.17) is 0 Å². The molecule has 1 atom stereocenters. The Morgan fingerprint density at radius 3 is 2.54 bits per heavy atom. The van der Waals surface area contributed by atoms with Crippen LogP contribution in [-0.4, -0.2) is 17.6 Å². The van der Waals surface area contributed by atoms with Crippen molar-refractivity contribution in [3.8, 4) is 11.1 Å². The molecule has 4 rings (SSSR count). The molecule has 2 aromatic carbocycles. The molecule has 0 bridgehead atoms. The lowest BCUT2D eigenvalue weighted by Gasteiger charge is -2.24. The molecule has 1 N–H and O–H groups in total. The summed E-state index contributed by atoms with van der Waals surface area (Å²) in [6, 6.07) is 24.1. The summed E-state index contributed by atoms with van der Waals surface area (Å²) in [6.07, 6.45) is 6.23. The van der Waals surface area contributed by atoms with Crippen LogP contribution < -0.4 is 5.32 Å². The predicted octanol–water partition coefficient (Wildman–Crippen LogP) is 5.05. The zero-order chi connectivity index (χ0) is 17.8. The van der Waals surface area contributed by atoms with Crippen molar-refractivity contribution >= 4 is 5.57 Å². The Balaban J connectivity index is 1.48. The number of nitrogens with one attached hydrogen (secondary N) is 1. The number of pyridine rings is 1. The Kier molecular flexibility index (Phi) is 4.94. The molecule has 0 radical (unpaired) electrons. The van der Waals surface area contributed by atoms with Crippen LogP contribution in [-0.2, 0) is 6.42 Å². The van der Waals surface area contributed by atoms with Gasteiger partial charge in [-0.05, 0) is 47.7 Å². The van der Waals surface area contributed by atoms with E-state index < -0.39 is 0 Å². The van der Waals surface area contributed by atoms with E-state index in [2.05, 4.69) is 90.0 Å². The molecule has 130 valence electrons. The maximum atomic E-state index is 4.61. The summed E-state index contributed by atoms with van der Waals surface area (Å²) in [5.41, 5.74) is 7.69. The van der Waals surface area contributed by atoms with Crippen LogP contribution in [0.2, 0.25) is 0 Å². The lowest BCUT2D eigenvalue weighted by atomic mass is 9.92. The molecule has 2 heteroatoms. The van der Waals surface area contributed by atoms with Crippen molar-refractivity contribution < 1.29 is 0 Å². The lowest BCUT2D eigenvalue weighted by molar-refractivity contribution is 0.528. The molecule has 3 aromatic rings. The highest BCUT2D eigenvalue weighted by atomic mass is 14.9. The van der Waals surface area contributed by atoms with E-state index in [0.29, 0.717) is 6.04 Å². The first-order valence-corrected chi connectivity index (χ1v) is 9.28. The molecule has 1 unspecified atom stereocenters. The van der Waals surface area contributed by atoms with Gasteiger partial charge in [-0.1, -0.05) is 66.2 Å². The SMILES string of the molecule is Cc1ccc(-c2ccnc(CC3CC(c4ccccc4)=CCN3)c2)cc1. The zero-order valence-electron chi connectivity index (χ0n) is 15.2. The standard InChI is InChI=1S/C24H24N2/c1-18-7-9-20(10-8-18)22-12-14-26-24(16-22)17-23-15-21(11-13-25-23)19-5-3-2-4-6-19/h2-12,14,16,23,25H,13,15,17H2,1H3. The van der Waals surface area contributed by atoms with Gasteiger partial charge >= 0.3 is 0 Å². The summed E-state index contributed by atoms with van der Waals surface area (Å²) < 4.78 is 0. The van der Waals surface area contributed by atoms with E-state index in [1.807, 2.05) is 6.20 Å². The lowest BCUT2D eigenvalue weighted by Crippen LogP contribution is -2.34. The minimum atomic E-state index is 0.427. The van der Waals surface area contributed by atoms with Gasteiger partial charge in [0, 0.05) is 30.9 Å². The van der Waals surface area contributed by atoms with E-state index in [1.165, 1.54) is 27.8 Å². The first-order valence-electron chi connectivity index (χ1n) is 9.28. The number of hydrogen-bond donors (Lipinski definition) is 1. The van der Waals surface area contributed by atoms with Crippen molar-refractivity contribution in [3.63, 3.8) is 0 Å². The van der Waals surface area contributed by atoms with Gasteiger partial charge in [-0.25, -0.2) is 0 Å². The highest BCUT2D eigenvalue weighted by molar-refractivity contribution is 5.67. The molecule has 0 aliphatic carbocycles. The molecule has 26 heavy (non-hydrogen) atoms. The largest absolute Gasteiger partial charge is 0.310 e. The monoisotopic (exact) mass is 340 g/mol. The van der Waals surface area contributed by atoms with Gasteiger partial charge in [0.1, 0.15) is 0 Å². The van der Waals surface area contributed by atoms with Gasteiger partial charge < -0.3 is 5.32 Å². The maximum absolute atomic E-state index is 4.61. The van der Waals surface area contributed by atoms with Crippen LogP contribution in [0.25, 0.3) is 16.7 Å². The minimum Gasteiger partial charge on any atom is -0.310 e. The van der Waals surface area contributed by atoms with Crippen molar-refractivity contribution in [2.45, 2.75) is 25.8 Å². The van der Waals surface area contributed by atoms with Gasteiger partial charge in [0.2, 0.25) is 0 Å². The summed E-state index contributed by atoms with van der Waals surface area (Å²) in [6.45, 7) is 3.04. The van der Waals surface area contributed by atoms with E-state index in [-0.39, 0.29) is 0 Å². The van der Waals surface area contributed by atoms with E-state index >= 15 is 0 Å². The number of aryl methyl sites for hydroxylation is 1. The third-order valence-corrected chi connectivity index (χ3v) is 5.02. The van der Waals surface area contributed by atoms with Gasteiger partial charge in [0.15, 0.2) is 0 Å². The highest BCUT2D eigenvalue weighted by Gasteiger charge is 2.17. The van der Waals surface area contributed by atoms with Crippen LogP contribution in [0.4, 0.5) is 0 Å². The molecule has 1 aliphatic heterocycles. The van der Waals surface area contributed by atoms with Crippen LogP contribution in [0.1, 0.15) is 23.2 Å². The van der Waals surface area contributed by atoms with Crippen molar-refractivity contribution in [2.75, 3.05) is 6.54 Å². The first-order chi connectivity index (χ1) is 12.8. The smallest absolute Gasteiger partial charge is 0.0425 e. The normalized spacial score (nSPS) is 17.0. The summed E-state index contributed by atoms with van der Waals surface area (Å²) in [5, 5.41) is 3.62. The Labute approximate surface area is 155 Å². The van der Waals surface area contributed by atoms with Crippen LogP contribution in [0.15, 0.2) is 79.0 Å². The van der Waals surface area contributed by atoms with Crippen molar-refractivity contribution in [3.05, 3.63) is 95.8 Å². The number of aromatic nitrogens is 1. The van der Waals surface area contributed by atoms with E-state index in [0.717, 1.165) is 25.1 Å². The summed E-state index contributed by atoms with van der Waals surface area (Å²) >= 11 is 0. The second kappa shape index (κ2) is 7.67.